The highest BCUT2D eigenvalue weighted by Gasteiger charge is 2.48. The lowest BCUT2D eigenvalue weighted by Gasteiger charge is -2.51. The molecule has 6 heteroatoms. The van der Waals surface area contributed by atoms with Crippen molar-refractivity contribution in [2.75, 3.05) is 13.2 Å². The summed E-state index contributed by atoms with van der Waals surface area (Å²) in [6.07, 6.45) is 0.492. The van der Waals surface area contributed by atoms with Crippen LogP contribution in [0.4, 0.5) is 9.18 Å². The summed E-state index contributed by atoms with van der Waals surface area (Å²) in [5.74, 6) is -0.318. The largest absolute Gasteiger partial charge is 0.445 e. The Balaban J connectivity index is 1.44. The molecule has 2 aromatic carbocycles. The van der Waals surface area contributed by atoms with E-state index in [4.69, 9.17) is 9.47 Å². The summed E-state index contributed by atoms with van der Waals surface area (Å²) in [5.41, 5.74) is 0.340. The SMILES string of the molecule is O=C(OCc1ccccc1)N1C2COCC1CC(O)(Cc1ccccc1F)C2. The number of halogens is 1. The van der Waals surface area contributed by atoms with Gasteiger partial charge in [-0.25, -0.2) is 9.18 Å². The molecule has 2 heterocycles. The number of piperidine rings is 1. The van der Waals surface area contributed by atoms with Gasteiger partial charge in [-0.1, -0.05) is 48.5 Å². The highest BCUT2D eigenvalue weighted by atomic mass is 19.1. The van der Waals surface area contributed by atoms with E-state index in [2.05, 4.69) is 0 Å². The summed E-state index contributed by atoms with van der Waals surface area (Å²) in [6, 6.07) is 15.4. The van der Waals surface area contributed by atoms with Gasteiger partial charge in [-0.05, 0) is 30.0 Å². The Morgan fingerprint density at radius 2 is 1.75 bits per heavy atom. The van der Waals surface area contributed by atoms with Gasteiger partial charge in [0.2, 0.25) is 0 Å². The van der Waals surface area contributed by atoms with Crippen LogP contribution in [0.5, 0.6) is 0 Å². The van der Waals surface area contributed by atoms with E-state index in [1.807, 2.05) is 30.3 Å². The summed E-state index contributed by atoms with van der Waals surface area (Å²) in [5, 5.41) is 11.2. The van der Waals surface area contributed by atoms with Crippen LogP contribution in [-0.2, 0) is 22.5 Å². The maximum atomic E-state index is 14.1. The van der Waals surface area contributed by atoms with Gasteiger partial charge in [0.25, 0.3) is 0 Å². The van der Waals surface area contributed by atoms with Crippen molar-refractivity contribution in [3.05, 3.63) is 71.5 Å². The molecule has 148 valence electrons. The molecular formula is C22H24FNO4. The Hall–Kier alpha value is -2.44. The summed E-state index contributed by atoms with van der Waals surface area (Å²) >= 11 is 0. The van der Waals surface area contributed by atoms with E-state index >= 15 is 0 Å². The number of aliphatic hydroxyl groups is 1. The standard InChI is InChI=1S/C22H24FNO4/c23-20-9-5-4-8-17(20)10-22(26)11-18-14-27-15-19(12-22)24(18)21(25)28-13-16-6-2-1-3-7-16/h1-9,18-19,26H,10-15H2. The minimum Gasteiger partial charge on any atom is -0.445 e. The number of hydrogen-bond acceptors (Lipinski definition) is 4. The van der Waals surface area contributed by atoms with E-state index < -0.39 is 11.7 Å². The zero-order valence-electron chi connectivity index (χ0n) is 15.6. The molecule has 0 saturated carbocycles. The van der Waals surface area contributed by atoms with Gasteiger partial charge in [0.15, 0.2) is 0 Å². The van der Waals surface area contributed by atoms with Crippen LogP contribution in [0, 0.1) is 5.82 Å². The van der Waals surface area contributed by atoms with E-state index in [-0.39, 0.29) is 30.9 Å². The van der Waals surface area contributed by atoms with Gasteiger partial charge in [0.1, 0.15) is 12.4 Å². The lowest BCUT2D eigenvalue weighted by molar-refractivity contribution is -0.133. The topological polar surface area (TPSA) is 59.0 Å². The molecule has 1 amide bonds. The zero-order valence-corrected chi connectivity index (χ0v) is 15.6. The second-order valence-corrected chi connectivity index (χ2v) is 7.69. The fourth-order valence-electron chi connectivity index (χ4n) is 4.31. The number of nitrogens with zero attached hydrogens (tertiary/aromatic N) is 1. The molecule has 2 unspecified atom stereocenters. The molecule has 4 rings (SSSR count). The molecule has 2 saturated heterocycles. The molecule has 2 aliphatic rings. The van der Waals surface area contributed by atoms with Crippen molar-refractivity contribution >= 4 is 6.09 Å². The van der Waals surface area contributed by atoms with Crippen molar-refractivity contribution in [3.63, 3.8) is 0 Å². The van der Waals surface area contributed by atoms with E-state index in [9.17, 15) is 14.3 Å². The lowest BCUT2D eigenvalue weighted by Crippen LogP contribution is -2.64. The molecule has 2 bridgehead atoms. The number of benzene rings is 2. The van der Waals surface area contributed by atoms with Gasteiger partial charge >= 0.3 is 6.09 Å². The van der Waals surface area contributed by atoms with Crippen molar-refractivity contribution in [2.45, 2.75) is 43.6 Å². The number of fused-ring (bicyclic) bond motifs is 2. The van der Waals surface area contributed by atoms with E-state index in [0.717, 1.165) is 5.56 Å². The quantitative estimate of drug-likeness (QED) is 0.877. The van der Waals surface area contributed by atoms with Crippen LogP contribution in [0.15, 0.2) is 54.6 Å². The summed E-state index contributed by atoms with van der Waals surface area (Å²) in [7, 11) is 0. The molecule has 0 aromatic heterocycles. The van der Waals surface area contributed by atoms with Crippen LogP contribution in [0.25, 0.3) is 0 Å². The number of amides is 1. The first-order valence-electron chi connectivity index (χ1n) is 9.57. The minimum absolute atomic E-state index is 0.204. The smallest absolute Gasteiger partial charge is 0.410 e. The normalized spacial score (nSPS) is 26.7. The van der Waals surface area contributed by atoms with Crippen molar-refractivity contribution in [3.8, 4) is 0 Å². The summed E-state index contributed by atoms with van der Waals surface area (Å²) < 4.78 is 25.2. The number of rotatable bonds is 4. The number of hydrogen-bond donors (Lipinski definition) is 1. The molecule has 2 atom stereocenters. The number of carbonyl (C=O) groups excluding carboxylic acids is 1. The number of morpholine rings is 1. The molecule has 0 radical (unpaired) electrons. The summed E-state index contributed by atoms with van der Waals surface area (Å²) in [6.45, 7) is 0.892. The van der Waals surface area contributed by atoms with Gasteiger partial charge in [-0.2, -0.15) is 0 Å². The Kier molecular flexibility index (Phi) is 5.33. The maximum absolute atomic E-state index is 14.1. The molecule has 2 aliphatic heterocycles. The maximum Gasteiger partial charge on any atom is 0.410 e. The predicted octanol–water partition coefficient (Wildman–Crippen LogP) is 3.30. The Bertz CT molecular complexity index is 814. The lowest BCUT2D eigenvalue weighted by atomic mass is 9.77. The fourth-order valence-corrected chi connectivity index (χ4v) is 4.31. The predicted molar refractivity (Wildman–Crippen MR) is 101 cm³/mol. The van der Waals surface area contributed by atoms with E-state index in [1.54, 1.807) is 23.1 Å². The van der Waals surface area contributed by atoms with Gasteiger partial charge in [-0.3, -0.25) is 4.90 Å². The molecule has 2 fully saturated rings. The number of carbonyl (C=O) groups is 1. The molecule has 1 N–H and O–H groups in total. The third-order valence-electron chi connectivity index (χ3n) is 5.53. The Morgan fingerprint density at radius 1 is 1.11 bits per heavy atom. The summed E-state index contributed by atoms with van der Waals surface area (Å²) in [4.78, 5) is 14.4. The van der Waals surface area contributed by atoms with Crippen LogP contribution in [0.3, 0.4) is 0 Å². The molecule has 5 nitrogen and oxygen atoms in total. The minimum atomic E-state index is -1.07. The van der Waals surface area contributed by atoms with Crippen molar-refractivity contribution < 1.29 is 23.8 Å². The molecule has 2 aromatic rings. The molecular weight excluding hydrogens is 361 g/mol. The second-order valence-electron chi connectivity index (χ2n) is 7.69. The van der Waals surface area contributed by atoms with Gasteiger partial charge in [-0.15, -0.1) is 0 Å². The van der Waals surface area contributed by atoms with E-state index in [0.29, 0.717) is 31.6 Å². The van der Waals surface area contributed by atoms with Crippen LogP contribution >= 0.6 is 0 Å². The Morgan fingerprint density at radius 3 is 2.43 bits per heavy atom. The monoisotopic (exact) mass is 385 g/mol. The second kappa shape index (κ2) is 7.89. The van der Waals surface area contributed by atoms with Crippen LogP contribution < -0.4 is 0 Å². The van der Waals surface area contributed by atoms with Gasteiger partial charge < -0.3 is 14.6 Å². The first-order valence-corrected chi connectivity index (χ1v) is 9.57. The van der Waals surface area contributed by atoms with E-state index in [1.165, 1.54) is 6.07 Å². The van der Waals surface area contributed by atoms with Crippen molar-refractivity contribution in [1.29, 1.82) is 0 Å². The van der Waals surface area contributed by atoms with Crippen molar-refractivity contribution in [1.82, 2.24) is 4.90 Å². The highest BCUT2D eigenvalue weighted by Crippen LogP contribution is 2.37. The third kappa shape index (κ3) is 4.03. The Labute approximate surface area is 163 Å². The van der Waals surface area contributed by atoms with Crippen LogP contribution in [0.1, 0.15) is 24.0 Å². The highest BCUT2D eigenvalue weighted by molar-refractivity contribution is 5.69. The fraction of sp³-hybridized carbons (Fsp3) is 0.409. The third-order valence-corrected chi connectivity index (χ3v) is 5.53. The molecule has 0 spiro atoms. The first kappa shape index (κ1) is 18.9. The van der Waals surface area contributed by atoms with Crippen LogP contribution in [-0.4, -0.2) is 47.0 Å². The average Bonchev–Trinajstić information content (AvgIpc) is 2.68. The molecule has 28 heavy (non-hydrogen) atoms. The van der Waals surface area contributed by atoms with Gasteiger partial charge in [0.05, 0.1) is 30.9 Å². The number of ether oxygens (including phenoxy) is 2. The molecule has 0 aliphatic carbocycles. The van der Waals surface area contributed by atoms with Crippen LogP contribution in [0.2, 0.25) is 0 Å². The van der Waals surface area contributed by atoms with Crippen molar-refractivity contribution in [2.24, 2.45) is 0 Å². The average molecular weight is 385 g/mol. The van der Waals surface area contributed by atoms with Gasteiger partial charge in [0, 0.05) is 6.42 Å². The first-order chi connectivity index (χ1) is 13.5. The zero-order chi connectivity index (χ0) is 19.6.